The summed E-state index contributed by atoms with van der Waals surface area (Å²) in [5, 5.41) is 0. The molecule has 2 rings (SSSR count). The fourth-order valence-corrected chi connectivity index (χ4v) is 11.0. The number of ether oxygens (including phenoxy) is 1. The van der Waals surface area contributed by atoms with E-state index in [1.54, 1.807) is 25.7 Å². The van der Waals surface area contributed by atoms with Crippen LogP contribution < -0.4 is 0 Å². The topological polar surface area (TPSA) is 9.23 Å². The van der Waals surface area contributed by atoms with Gasteiger partial charge in [-0.25, -0.2) is 0 Å². The third-order valence-corrected chi connectivity index (χ3v) is 13.0. The van der Waals surface area contributed by atoms with Crippen LogP contribution >= 0.6 is 0 Å². The molecule has 4 atom stereocenters. The van der Waals surface area contributed by atoms with Gasteiger partial charge >= 0.3 is 0 Å². The fraction of sp³-hybridized carbons (Fsp3) is 1.00. The van der Waals surface area contributed by atoms with Gasteiger partial charge in [-0.1, -0.05) is 84.2 Å². The Bertz CT molecular complexity index is 398. The average Bonchev–Trinajstić information content (AvgIpc) is 3.21. The fourth-order valence-electron chi connectivity index (χ4n) is 6.06. The zero-order chi connectivity index (χ0) is 19.2. The van der Waals surface area contributed by atoms with E-state index < -0.39 is 8.07 Å². The van der Waals surface area contributed by atoms with Gasteiger partial charge in [0.25, 0.3) is 0 Å². The summed E-state index contributed by atoms with van der Waals surface area (Å²) in [4.78, 5) is 0. The molecule has 154 valence electrons. The van der Waals surface area contributed by atoms with Gasteiger partial charge in [-0.05, 0) is 56.5 Å². The Balaban J connectivity index is 1.78. The molecule has 0 aliphatic heterocycles. The van der Waals surface area contributed by atoms with Crippen molar-refractivity contribution in [1.29, 1.82) is 0 Å². The molecule has 2 heteroatoms. The van der Waals surface area contributed by atoms with Crippen LogP contribution in [0.2, 0.25) is 24.2 Å². The van der Waals surface area contributed by atoms with Crippen molar-refractivity contribution in [3.8, 4) is 0 Å². The summed E-state index contributed by atoms with van der Waals surface area (Å²) in [5.74, 6) is 2.11. The van der Waals surface area contributed by atoms with Gasteiger partial charge in [-0.3, -0.25) is 0 Å². The van der Waals surface area contributed by atoms with E-state index in [9.17, 15) is 0 Å². The highest BCUT2D eigenvalue weighted by Gasteiger charge is 2.46. The van der Waals surface area contributed by atoms with E-state index in [1.165, 1.54) is 51.4 Å². The third-order valence-electron chi connectivity index (χ3n) is 7.68. The third kappa shape index (κ3) is 6.65. The van der Waals surface area contributed by atoms with E-state index in [0.717, 1.165) is 29.5 Å². The van der Waals surface area contributed by atoms with Crippen molar-refractivity contribution in [3.05, 3.63) is 0 Å². The molecule has 0 radical (unpaired) electrons. The van der Waals surface area contributed by atoms with Crippen molar-refractivity contribution < 1.29 is 4.74 Å². The van der Waals surface area contributed by atoms with Crippen LogP contribution in [0.4, 0.5) is 0 Å². The van der Waals surface area contributed by atoms with E-state index in [2.05, 4.69) is 40.8 Å². The van der Waals surface area contributed by atoms with Crippen molar-refractivity contribution in [2.45, 2.75) is 135 Å². The molecule has 0 aromatic rings. The second-order valence-corrected chi connectivity index (χ2v) is 16.3. The van der Waals surface area contributed by atoms with Crippen LogP contribution in [0.5, 0.6) is 0 Å². The average molecular weight is 381 g/mol. The number of rotatable bonds is 10. The van der Waals surface area contributed by atoms with E-state index in [1.807, 2.05) is 0 Å². The lowest BCUT2D eigenvalue weighted by Crippen LogP contribution is -2.39. The highest BCUT2D eigenvalue weighted by Crippen LogP contribution is 2.54. The van der Waals surface area contributed by atoms with Crippen molar-refractivity contribution >= 4 is 8.07 Å². The van der Waals surface area contributed by atoms with E-state index >= 15 is 0 Å². The summed E-state index contributed by atoms with van der Waals surface area (Å²) in [6, 6.07) is 0. The molecule has 0 spiro atoms. The summed E-state index contributed by atoms with van der Waals surface area (Å²) in [5.41, 5.74) is 2.27. The van der Waals surface area contributed by atoms with Gasteiger partial charge in [0.2, 0.25) is 0 Å². The molecule has 2 saturated carbocycles. The number of unbranched alkanes of at least 4 members (excludes halogenated alkanes) is 2. The molecule has 0 bridgehead atoms. The molecule has 0 heterocycles. The molecule has 1 nitrogen and oxygen atoms in total. The van der Waals surface area contributed by atoms with Gasteiger partial charge < -0.3 is 4.74 Å². The maximum atomic E-state index is 5.92. The Hall–Kier alpha value is 0.177. The molecule has 4 unspecified atom stereocenters. The number of hydrogen-bond donors (Lipinski definition) is 0. The summed E-state index contributed by atoms with van der Waals surface area (Å²) in [7, 11) is -1.11. The summed E-state index contributed by atoms with van der Waals surface area (Å²) in [6.07, 6.45) is 17.7. The zero-order valence-corrected chi connectivity index (χ0v) is 19.9. The molecule has 2 aliphatic rings. The van der Waals surface area contributed by atoms with Crippen LogP contribution in [-0.4, -0.2) is 20.3 Å². The van der Waals surface area contributed by atoms with Crippen molar-refractivity contribution in [2.75, 3.05) is 6.61 Å². The molecular weight excluding hydrogens is 332 g/mol. The van der Waals surface area contributed by atoms with Crippen LogP contribution in [0.25, 0.3) is 0 Å². The number of hydrogen-bond acceptors (Lipinski definition) is 1. The summed E-state index contributed by atoms with van der Waals surface area (Å²) in [6.45, 7) is 15.3. The van der Waals surface area contributed by atoms with Gasteiger partial charge in [-0.2, -0.15) is 0 Å². The normalized spacial score (nSPS) is 30.2. The predicted molar refractivity (Wildman–Crippen MR) is 119 cm³/mol. The van der Waals surface area contributed by atoms with Crippen LogP contribution in [0.1, 0.15) is 105 Å². The largest absolute Gasteiger partial charge is 0.376 e. The van der Waals surface area contributed by atoms with Gasteiger partial charge in [0.1, 0.15) is 0 Å². The minimum atomic E-state index is -1.11. The smallest absolute Gasteiger partial charge is 0.0598 e. The molecule has 0 amide bonds. The van der Waals surface area contributed by atoms with E-state index in [0.29, 0.717) is 0 Å². The van der Waals surface area contributed by atoms with Gasteiger partial charge in [0.15, 0.2) is 0 Å². The quantitative estimate of drug-likeness (QED) is 0.274. The van der Waals surface area contributed by atoms with Crippen molar-refractivity contribution in [1.82, 2.24) is 0 Å². The SMILES string of the molecule is CCCCC1CCC([Si](C)(C)C2CCCC2CCCCOC(C)(C)C)C1. The minimum absolute atomic E-state index is 0.0294. The van der Waals surface area contributed by atoms with Gasteiger partial charge in [0.05, 0.1) is 13.7 Å². The maximum Gasteiger partial charge on any atom is 0.0598 e. The zero-order valence-electron chi connectivity index (χ0n) is 18.9. The lowest BCUT2D eigenvalue weighted by atomic mass is 10.00. The standard InChI is InChI=1S/C24H48OSi/c1-7-8-12-20-16-17-22(19-20)26(5,6)23-15-11-14-21(23)13-9-10-18-25-24(2,3)4/h20-23H,7-19H2,1-6H3. The first kappa shape index (κ1) is 22.5. The summed E-state index contributed by atoms with van der Waals surface area (Å²) >= 11 is 0. The molecule has 2 fully saturated rings. The molecule has 26 heavy (non-hydrogen) atoms. The lowest BCUT2D eigenvalue weighted by Gasteiger charge is -2.39. The van der Waals surface area contributed by atoms with Crippen LogP contribution in [0, 0.1) is 11.8 Å². The lowest BCUT2D eigenvalue weighted by molar-refractivity contribution is -0.00501. The minimum Gasteiger partial charge on any atom is -0.376 e. The van der Waals surface area contributed by atoms with E-state index in [-0.39, 0.29) is 5.60 Å². The predicted octanol–water partition coefficient (Wildman–Crippen LogP) is 8.21. The molecule has 0 saturated heterocycles. The first-order valence-electron chi connectivity index (χ1n) is 11.9. The highest BCUT2D eigenvalue weighted by atomic mass is 28.3. The van der Waals surface area contributed by atoms with Gasteiger partial charge in [0, 0.05) is 6.61 Å². The molecule has 2 aliphatic carbocycles. The Morgan fingerprint density at radius 1 is 0.923 bits per heavy atom. The second kappa shape index (κ2) is 10.1. The molecule has 0 aromatic heterocycles. The first-order chi connectivity index (χ1) is 12.2. The Morgan fingerprint density at radius 3 is 2.38 bits per heavy atom. The molecular formula is C24H48OSi. The maximum absolute atomic E-state index is 5.92. The van der Waals surface area contributed by atoms with Crippen molar-refractivity contribution in [2.24, 2.45) is 11.8 Å². The Kier molecular flexibility index (Phi) is 8.72. The Labute approximate surface area is 166 Å². The van der Waals surface area contributed by atoms with E-state index in [4.69, 9.17) is 4.74 Å². The van der Waals surface area contributed by atoms with Crippen LogP contribution in [0.3, 0.4) is 0 Å². The Morgan fingerprint density at radius 2 is 1.69 bits per heavy atom. The summed E-state index contributed by atoms with van der Waals surface area (Å²) < 4.78 is 5.92. The van der Waals surface area contributed by atoms with Crippen LogP contribution in [0.15, 0.2) is 0 Å². The van der Waals surface area contributed by atoms with Crippen molar-refractivity contribution in [3.63, 3.8) is 0 Å². The second-order valence-electron chi connectivity index (χ2n) is 11.1. The highest BCUT2D eigenvalue weighted by molar-refractivity contribution is 6.80. The molecule has 0 N–H and O–H groups in total. The first-order valence-corrected chi connectivity index (χ1v) is 15.0. The van der Waals surface area contributed by atoms with Crippen LogP contribution in [-0.2, 0) is 4.74 Å². The molecule has 0 aromatic carbocycles. The van der Waals surface area contributed by atoms with Gasteiger partial charge in [-0.15, -0.1) is 0 Å². The monoisotopic (exact) mass is 380 g/mol.